The highest BCUT2D eigenvalue weighted by atomic mass is 16.5. The largest absolute Gasteiger partial charge is 0.496 e. The summed E-state index contributed by atoms with van der Waals surface area (Å²) < 4.78 is 5.38. The summed E-state index contributed by atoms with van der Waals surface area (Å²) in [6.07, 6.45) is 4.41. The third-order valence-electron chi connectivity index (χ3n) is 6.72. The molecule has 0 unspecified atom stereocenters. The molecule has 182 valence electrons. The molecule has 0 radical (unpaired) electrons. The number of hydrogen-bond donors (Lipinski definition) is 3. The van der Waals surface area contributed by atoms with Crippen molar-refractivity contribution < 1.29 is 14.6 Å². The summed E-state index contributed by atoms with van der Waals surface area (Å²) in [6.45, 7) is 8.02. The number of nitrogens with zero attached hydrogens (tertiary/aromatic N) is 1. The van der Waals surface area contributed by atoms with Crippen molar-refractivity contribution in [3.8, 4) is 5.75 Å². The number of carbonyl (C=O) groups excluding carboxylic acids is 1. The van der Waals surface area contributed by atoms with Crippen LogP contribution in [0.4, 0.5) is 0 Å². The van der Waals surface area contributed by atoms with E-state index < -0.39 is 0 Å². The number of aliphatic hydroxyl groups is 1. The zero-order valence-corrected chi connectivity index (χ0v) is 20.6. The van der Waals surface area contributed by atoms with Crippen LogP contribution in [0, 0.1) is 0 Å². The molecule has 3 rings (SSSR count). The number of rotatable bonds is 10. The minimum atomic E-state index is -0.0720. The van der Waals surface area contributed by atoms with Gasteiger partial charge in [-0.3, -0.25) is 9.69 Å². The fourth-order valence-electron chi connectivity index (χ4n) is 4.81. The van der Waals surface area contributed by atoms with E-state index in [4.69, 9.17) is 9.84 Å². The van der Waals surface area contributed by atoms with Crippen LogP contribution in [0.2, 0.25) is 0 Å². The molecule has 1 fully saturated rings. The van der Waals surface area contributed by atoms with E-state index in [-0.39, 0.29) is 11.3 Å². The Balaban J connectivity index is 0.00000187. The van der Waals surface area contributed by atoms with E-state index in [9.17, 15) is 4.79 Å². The Morgan fingerprint density at radius 1 is 1.06 bits per heavy atom. The van der Waals surface area contributed by atoms with Crippen LogP contribution < -0.4 is 15.4 Å². The van der Waals surface area contributed by atoms with Crippen LogP contribution in [-0.4, -0.2) is 62.5 Å². The van der Waals surface area contributed by atoms with Gasteiger partial charge in [0.15, 0.2) is 0 Å². The average molecular weight is 456 g/mol. The quantitative estimate of drug-likeness (QED) is 0.475. The predicted octanol–water partition coefficient (Wildman–Crippen LogP) is 3.80. The van der Waals surface area contributed by atoms with Crippen molar-refractivity contribution in [3.63, 3.8) is 0 Å². The maximum absolute atomic E-state index is 13.0. The van der Waals surface area contributed by atoms with Crippen LogP contribution in [0.15, 0.2) is 54.6 Å². The van der Waals surface area contributed by atoms with E-state index in [1.165, 1.54) is 5.56 Å². The number of para-hydroxylation sites is 1. The number of methoxy groups -OCH3 is 1. The Morgan fingerprint density at radius 2 is 1.70 bits per heavy atom. The normalized spacial score (nSPS) is 20.0. The monoisotopic (exact) mass is 455 g/mol. The van der Waals surface area contributed by atoms with Gasteiger partial charge in [-0.05, 0) is 56.5 Å². The van der Waals surface area contributed by atoms with Gasteiger partial charge >= 0.3 is 0 Å². The number of hydrogen-bond acceptors (Lipinski definition) is 5. The second-order valence-electron chi connectivity index (χ2n) is 8.43. The van der Waals surface area contributed by atoms with Crippen LogP contribution >= 0.6 is 0 Å². The van der Waals surface area contributed by atoms with Crippen LogP contribution in [0.5, 0.6) is 5.75 Å². The zero-order valence-electron chi connectivity index (χ0n) is 20.6. The molecule has 2 aromatic carbocycles. The van der Waals surface area contributed by atoms with Gasteiger partial charge in [-0.25, -0.2) is 0 Å². The van der Waals surface area contributed by atoms with Crippen molar-refractivity contribution in [3.05, 3.63) is 65.7 Å². The molecule has 0 saturated heterocycles. The molecule has 1 aliphatic carbocycles. The summed E-state index contributed by atoms with van der Waals surface area (Å²) in [5.41, 5.74) is 1.88. The molecule has 2 aromatic rings. The molecule has 1 aliphatic rings. The molecule has 33 heavy (non-hydrogen) atoms. The molecule has 3 N–H and O–H groups in total. The molecule has 0 heterocycles. The summed E-state index contributed by atoms with van der Waals surface area (Å²) in [5, 5.41) is 13.7. The molecule has 0 aliphatic heterocycles. The van der Waals surface area contributed by atoms with E-state index in [1.54, 1.807) is 7.11 Å². The van der Waals surface area contributed by atoms with Gasteiger partial charge in [0.2, 0.25) is 0 Å². The first-order valence-electron chi connectivity index (χ1n) is 12.0. The van der Waals surface area contributed by atoms with E-state index in [1.807, 2.05) is 24.3 Å². The Morgan fingerprint density at radius 3 is 2.30 bits per heavy atom. The average Bonchev–Trinajstić information content (AvgIpc) is 2.90. The molecule has 1 saturated carbocycles. The smallest absolute Gasteiger partial charge is 0.255 e. The van der Waals surface area contributed by atoms with E-state index in [0.29, 0.717) is 23.9 Å². The number of amides is 1. The molecule has 0 aromatic heterocycles. The highest BCUT2D eigenvalue weighted by Crippen LogP contribution is 2.40. The second-order valence-corrected chi connectivity index (χ2v) is 8.43. The summed E-state index contributed by atoms with van der Waals surface area (Å²) >= 11 is 0. The van der Waals surface area contributed by atoms with Crippen LogP contribution in [0.3, 0.4) is 0 Å². The SMILES string of the molecule is CCNCN(CC)C1CCC(CNC(=O)c2ccccc2OC)(c2ccccc2)CC1.CO. The van der Waals surface area contributed by atoms with Crippen LogP contribution in [-0.2, 0) is 5.41 Å². The van der Waals surface area contributed by atoms with E-state index >= 15 is 0 Å². The fourth-order valence-corrected chi connectivity index (χ4v) is 4.81. The topological polar surface area (TPSA) is 73.8 Å². The number of ether oxygens (including phenoxy) is 1. The fraction of sp³-hybridized carbons (Fsp3) is 0.519. The molecular weight excluding hydrogens is 414 g/mol. The van der Waals surface area contributed by atoms with Gasteiger partial charge in [-0.1, -0.05) is 56.3 Å². The Kier molecular flexibility index (Phi) is 11.4. The lowest BCUT2D eigenvalue weighted by Crippen LogP contribution is -2.49. The van der Waals surface area contributed by atoms with Crippen molar-refractivity contribution in [2.75, 3.05) is 40.5 Å². The second kappa shape index (κ2) is 14.0. The Bertz CT molecular complexity index is 820. The minimum absolute atomic E-state index is 0.0347. The summed E-state index contributed by atoms with van der Waals surface area (Å²) in [4.78, 5) is 15.5. The summed E-state index contributed by atoms with van der Waals surface area (Å²) in [7, 11) is 2.60. The lowest BCUT2D eigenvalue weighted by atomic mass is 9.68. The van der Waals surface area contributed by atoms with Crippen molar-refractivity contribution >= 4 is 5.91 Å². The molecule has 6 heteroatoms. The molecular formula is C27H41N3O3. The van der Waals surface area contributed by atoms with Gasteiger partial charge < -0.3 is 20.5 Å². The number of carbonyl (C=O) groups is 1. The zero-order chi connectivity index (χ0) is 24.1. The highest BCUT2D eigenvalue weighted by molar-refractivity contribution is 5.96. The molecule has 0 spiro atoms. The van der Waals surface area contributed by atoms with Gasteiger partial charge in [0.25, 0.3) is 5.91 Å². The number of nitrogens with one attached hydrogen (secondary N) is 2. The third-order valence-corrected chi connectivity index (χ3v) is 6.72. The van der Waals surface area contributed by atoms with Gasteiger partial charge in [0.05, 0.1) is 12.7 Å². The van der Waals surface area contributed by atoms with Crippen molar-refractivity contribution in [2.24, 2.45) is 0 Å². The maximum Gasteiger partial charge on any atom is 0.255 e. The van der Waals surface area contributed by atoms with Crippen molar-refractivity contribution in [2.45, 2.75) is 51.0 Å². The first kappa shape index (κ1) is 26.8. The highest BCUT2D eigenvalue weighted by Gasteiger charge is 2.38. The van der Waals surface area contributed by atoms with Gasteiger partial charge in [-0.2, -0.15) is 0 Å². The van der Waals surface area contributed by atoms with Gasteiger partial charge in [-0.15, -0.1) is 0 Å². The molecule has 0 bridgehead atoms. The molecule has 6 nitrogen and oxygen atoms in total. The number of aliphatic hydroxyl groups excluding tert-OH is 1. The summed E-state index contributed by atoms with van der Waals surface area (Å²) in [6, 6.07) is 18.7. The minimum Gasteiger partial charge on any atom is -0.496 e. The van der Waals surface area contributed by atoms with Gasteiger partial charge in [0.1, 0.15) is 5.75 Å². The standard InChI is InChI=1S/C26H37N3O2.CH4O/c1-4-27-20-29(5-2)22-15-17-26(18-16-22,21-11-7-6-8-12-21)19-28-25(30)23-13-9-10-14-24(23)31-3;1-2/h6-14,22,27H,4-5,15-20H2,1-3H3,(H,28,30);2H,1H3. The Labute approximate surface area is 199 Å². The first-order valence-corrected chi connectivity index (χ1v) is 12.0. The molecule has 1 amide bonds. The van der Waals surface area contributed by atoms with Crippen molar-refractivity contribution in [1.82, 2.24) is 15.5 Å². The van der Waals surface area contributed by atoms with E-state index in [2.05, 4.69) is 59.7 Å². The lowest BCUT2D eigenvalue weighted by Gasteiger charge is -2.44. The molecule has 0 atom stereocenters. The van der Waals surface area contributed by atoms with Crippen molar-refractivity contribution in [1.29, 1.82) is 0 Å². The number of benzene rings is 2. The maximum atomic E-state index is 13.0. The van der Waals surface area contributed by atoms with Crippen LogP contribution in [0.1, 0.15) is 55.5 Å². The van der Waals surface area contributed by atoms with E-state index in [0.717, 1.165) is 52.6 Å². The third kappa shape index (κ3) is 7.03. The van der Waals surface area contributed by atoms with Gasteiger partial charge in [0, 0.05) is 31.8 Å². The summed E-state index contributed by atoms with van der Waals surface area (Å²) in [5.74, 6) is 0.539. The lowest BCUT2D eigenvalue weighted by molar-refractivity contribution is 0.0907. The first-order chi connectivity index (χ1) is 16.1. The predicted molar refractivity (Wildman–Crippen MR) is 135 cm³/mol. The van der Waals surface area contributed by atoms with Crippen LogP contribution in [0.25, 0.3) is 0 Å². The Hall–Kier alpha value is -2.41.